The van der Waals surface area contributed by atoms with Gasteiger partial charge in [0, 0.05) is 56.1 Å². The van der Waals surface area contributed by atoms with E-state index in [0.717, 1.165) is 10.9 Å². The van der Waals surface area contributed by atoms with Gasteiger partial charge in [-0.05, 0) is 41.5 Å². The Hall–Kier alpha value is -3.69. The molecule has 0 spiro atoms. The van der Waals surface area contributed by atoms with Gasteiger partial charge in [-0.3, -0.25) is 19.7 Å². The lowest BCUT2D eigenvalue weighted by Gasteiger charge is -2.34. The van der Waals surface area contributed by atoms with Crippen LogP contribution in [0.3, 0.4) is 0 Å². The molecule has 0 saturated carbocycles. The number of para-hydroxylation sites is 1. The molecule has 0 aliphatic carbocycles. The normalized spacial score (nSPS) is 14.8. The number of sulfone groups is 1. The van der Waals surface area contributed by atoms with Crippen LogP contribution in [-0.4, -0.2) is 60.3 Å². The Kier molecular flexibility index (Phi) is 6.75. The first-order valence-corrected chi connectivity index (χ1v) is 13.3. The summed E-state index contributed by atoms with van der Waals surface area (Å²) in [6.07, 6.45) is 4.42. The van der Waals surface area contributed by atoms with Crippen molar-refractivity contribution in [2.45, 2.75) is 17.2 Å². The fourth-order valence-electron chi connectivity index (χ4n) is 4.46. The second-order valence-corrected chi connectivity index (χ2v) is 10.8. The maximum Gasteiger partial charge on any atom is 0.253 e. The van der Waals surface area contributed by atoms with Crippen LogP contribution in [0.5, 0.6) is 0 Å². The first-order chi connectivity index (χ1) is 17.4. The van der Waals surface area contributed by atoms with Crippen molar-refractivity contribution in [3.63, 3.8) is 0 Å². The molecular weight excluding hydrogens is 479 g/mol. The van der Waals surface area contributed by atoms with Crippen LogP contribution in [-0.2, 0) is 22.1 Å². The Morgan fingerprint density at radius 3 is 2.42 bits per heavy atom. The highest BCUT2D eigenvalue weighted by atomic mass is 32.2. The summed E-state index contributed by atoms with van der Waals surface area (Å²) in [5.74, 6) is -0.619. The van der Waals surface area contributed by atoms with E-state index >= 15 is 0 Å². The van der Waals surface area contributed by atoms with E-state index in [2.05, 4.69) is 14.9 Å². The molecule has 1 aliphatic rings. The number of halogens is 1. The summed E-state index contributed by atoms with van der Waals surface area (Å²) in [5.41, 5.74) is 2.39. The largest absolute Gasteiger partial charge is 0.336 e. The molecule has 36 heavy (non-hydrogen) atoms. The average molecular weight is 505 g/mol. The van der Waals surface area contributed by atoms with Crippen LogP contribution in [0.2, 0.25) is 0 Å². The molecule has 184 valence electrons. The summed E-state index contributed by atoms with van der Waals surface area (Å²) in [4.78, 5) is 25.3. The van der Waals surface area contributed by atoms with Crippen molar-refractivity contribution in [2.24, 2.45) is 0 Å². The summed E-state index contributed by atoms with van der Waals surface area (Å²) in [6, 6.07) is 17.0. The van der Waals surface area contributed by atoms with Gasteiger partial charge in [-0.25, -0.2) is 12.8 Å². The zero-order valence-electron chi connectivity index (χ0n) is 19.5. The number of pyridine rings is 2. The molecule has 1 fully saturated rings. The second-order valence-electron chi connectivity index (χ2n) is 8.87. The number of nitrogens with zero attached hydrogens (tertiary/aromatic N) is 4. The van der Waals surface area contributed by atoms with E-state index in [1.807, 2.05) is 12.1 Å². The molecule has 2 aromatic heterocycles. The van der Waals surface area contributed by atoms with Gasteiger partial charge in [0.15, 0.2) is 9.84 Å². The SMILES string of the molecule is O=C(c1ccc(CS(=O)(=O)c2cccc3cccnc23)cc1)N1CCN(Cc2cncc(F)c2)CC1. The second kappa shape index (κ2) is 10.1. The molecule has 7 nitrogen and oxygen atoms in total. The third-order valence-corrected chi connectivity index (χ3v) is 8.03. The molecule has 1 amide bonds. The molecular formula is C27H25FN4O3S. The Morgan fingerprint density at radius 2 is 1.67 bits per heavy atom. The maximum absolute atomic E-state index is 13.4. The minimum absolute atomic E-state index is 0.0882. The van der Waals surface area contributed by atoms with Crippen LogP contribution in [0.1, 0.15) is 21.5 Å². The molecule has 0 unspecified atom stereocenters. The quantitative estimate of drug-likeness (QED) is 0.398. The third kappa shape index (κ3) is 5.27. The maximum atomic E-state index is 13.4. The summed E-state index contributed by atoms with van der Waals surface area (Å²) in [6.45, 7) is 3.06. The number of fused-ring (bicyclic) bond motifs is 1. The van der Waals surface area contributed by atoms with Gasteiger partial charge in [0.25, 0.3) is 5.91 Å². The molecule has 1 aliphatic heterocycles. The van der Waals surface area contributed by atoms with E-state index in [-0.39, 0.29) is 22.4 Å². The molecule has 0 bridgehead atoms. The highest BCUT2D eigenvalue weighted by Gasteiger charge is 2.23. The van der Waals surface area contributed by atoms with Crippen molar-refractivity contribution in [3.8, 4) is 0 Å². The van der Waals surface area contributed by atoms with Gasteiger partial charge < -0.3 is 4.90 Å². The monoisotopic (exact) mass is 504 g/mol. The van der Waals surface area contributed by atoms with Gasteiger partial charge in [-0.1, -0.05) is 30.3 Å². The minimum atomic E-state index is -3.62. The number of carbonyl (C=O) groups excluding carboxylic acids is 1. The van der Waals surface area contributed by atoms with E-state index in [1.165, 1.54) is 12.3 Å². The molecule has 1 saturated heterocycles. The lowest BCUT2D eigenvalue weighted by molar-refractivity contribution is 0.0628. The van der Waals surface area contributed by atoms with Crippen molar-refractivity contribution in [2.75, 3.05) is 26.2 Å². The number of hydrogen-bond donors (Lipinski definition) is 0. The average Bonchev–Trinajstić information content (AvgIpc) is 2.89. The van der Waals surface area contributed by atoms with E-state index in [4.69, 9.17) is 0 Å². The van der Waals surface area contributed by atoms with Gasteiger partial charge in [-0.2, -0.15) is 0 Å². The lowest BCUT2D eigenvalue weighted by Crippen LogP contribution is -2.48. The molecule has 0 radical (unpaired) electrons. The number of amides is 1. The van der Waals surface area contributed by atoms with Crippen molar-refractivity contribution in [1.82, 2.24) is 19.8 Å². The molecule has 3 heterocycles. The Balaban J connectivity index is 1.21. The number of carbonyl (C=O) groups is 1. The zero-order valence-corrected chi connectivity index (χ0v) is 20.4. The smallest absolute Gasteiger partial charge is 0.253 e. The van der Waals surface area contributed by atoms with Crippen LogP contribution < -0.4 is 0 Å². The van der Waals surface area contributed by atoms with Crippen LogP contribution in [0, 0.1) is 5.82 Å². The zero-order chi connectivity index (χ0) is 25.1. The highest BCUT2D eigenvalue weighted by Crippen LogP contribution is 2.24. The molecule has 0 N–H and O–H groups in total. The fraction of sp³-hybridized carbons (Fsp3) is 0.222. The van der Waals surface area contributed by atoms with Crippen LogP contribution in [0.4, 0.5) is 4.39 Å². The Bertz CT molecular complexity index is 1500. The summed E-state index contributed by atoms with van der Waals surface area (Å²) in [5, 5.41) is 0.771. The highest BCUT2D eigenvalue weighted by molar-refractivity contribution is 7.90. The third-order valence-electron chi connectivity index (χ3n) is 6.32. The lowest BCUT2D eigenvalue weighted by atomic mass is 10.1. The van der Waals surface area contributed by atoms with E-state index in [0.29, 0.717) is 49.4 Å². The van der Waals surface area contributed by atoms with Crippen molar-refractivity contribution >= 4 is 26.6 Å². The number of piperazine rings is 1. The summed E-state index contributed by atoms with van der Waals surface area (Å²) >= 11 is 0. The predicted octanol–water partition coefficient (Wildman–Crippen LogP) is 3.70. The van der Waals surface area contributed by atoms with E-state index in [9.17, 15) is 17.6 Å². The van der Waals surface area contributed by atoms with Gasteiger partial charge in [-0.15, -0.1) is 0 Å². The molecule has 0 atom stereocenters. The first-order valence-electron chi connectivity index (χ1n) is 11.7. The van der Waals surface area contributed by atoms with Crippen molar-refractivity contribution in [3.05, 3.63) is 102 Å². The fourth-order valence-corrected chi connectivity index (χ4v) is 6.00. The van der Waals surface area contributed by atoms with Gasteiger partial charge in [0.1, 0.15) is 5.82 Å². The van der Waals surface area contributed by atoms with E-state index in [1.54, 1.807) is 59.8 Å². The minimum Gasteiger partial charge on any atom is -0.336 e. The van der Waals surface area contributed by atoms with Gasteiger partial charge >= 0.3 is 0 Å². The van der Waals surface area contributed by atoms with Gasteiger partial charge in [0.2, 0.25) is 0 Å². The topological polar surface area (TPSA) is 83.5 Å². The summed E-state index contributed by atoms with van der Waals surface area (Å²) < 4.78 is 39.6. The number of rotatable bonds is 6. The van der Waals surface area contributed by atoms with Gasteiger partial charge in [0.05, 0.1) is 22.4 Å². The molecule has 4 aromatic rings. The number of aromatic nitrogens is 2. The van der Waals surface area contributed by atoms with Crippen molar-refractivity contribution in [1.29, 1.82) is 0 Å². The Morgan fingerprint density at radius 1 is 0.917 bits per heavy atom. The van der Waals surface area contributed by atoms with Crippen LogP contribution in [0.15, 0.2) is 84.1 Å². The number of benzene rings is 2. The predicted molar refractivity (Wildman–Crippen MR) is 134 cm³/mol. The molecule has 5 rings (SSSR count). The number of hydrogen-bond acceptors (Lipinski definition) is 6. The first kappa shape index (κ1) is 24.0. The standard InChI is InChI=1S/C27H25FN4O3S/c28-24-15-21(16-29-17-24)18-31-11-13-32(14-12-31)27(33)23-8-6-20(7-9-23)19-36(34,35)25-5-1-3-22-4-2-10-30-26(22)25/h1-10,15-17H,11-14,18-19H2. The summed E-state index contributed by atoms with van der Waals surface area (Å²) in [7, 11) is -3.62. The van der Waals surface area contributed by atoms with Crippen LogP contribution >= 0.6 is 0 Å². The van der Waals surface area contributed by atoms with E-state index < -0.39 is 9.84 Å². The molecule has 9 heteroatoms. The van der Waals surface area contributed by atoms with Crippen LogP contribution in [0.25, 0.3) is 10.9 Å². The Labute approximate surface area is 209 Å². The van der Waals surface area contributed by atoms with Crippen molar-refractivity contribution < 1.29 is 17.6 Å². The molecule has 2 aromatic carbocycles.